The van der Waals surface area contributed by atoms with Crippen molar-refractivity contribution in [1.82, 2.24) is 10.2 Å². The van der Waals surface area contributed by atoms with E-state index < -0.39 is 0 Å². The maximum Gasteiger partial charge on any atom is 0.227 e. The third-order valence-electron chi connectivity index (χ3n) is 3.46. The molecule has 2 heterocycles. The molecular weight excluding hydrogens is 216 g/mol. The number of rotatable bonds is 4. The molecule has 1 aliphatic rings. The molecular formula is C13H20N2O2. The SMILES string of the molecule is CCN(Cc1ccco1)C(=O)C1CCNC1C. The van der Waals surface area contributed by atoms with Crippen molar-refractivity contribution in [1.29, 1.82) is 0 Å². The first-order chi connectivity index (χ1) is 8.22. The highest BCUT2D eigenvalue weighted by Gasteiger charge is 2.32. The van der Waals surface area contributed by atoms with Gasteiger partial charge >= 0.3 is 0 Å². The highest BCUT2D eigenvalue weighted by Crippen LogP contribution is 2.19. The lowest BCUT2D eigenvalue weighted by molar-refractivity contribution is -0.136. The topological polar surface area (TPSA) is 45.5 Å². The van der Waals surface area contributed by atoms with Crippen molar-refractivity contribution in [2.75, 3.05) is 13.1 Å². The molecule has 1 aromatic heterocycles. The van der Waals surface area contributed by atoms with Gasteiger partial charge in [0.25, 0.3) is 0 Å². The van der Waals surface area contributed by atoms with Gasteiger partial charge in [-0.2, -0.15) is 0 Å². The van der Waals surface area contributed by atoms with Crippen molar-refractivity contribution in [3.63, 3.8) is 0 Å². The molecule has 2 atom stereocenters. The zero-order valence-corrected chi connectivity index (χ0v) is 10.5. The first-order valence-electron chi connectivity index (χ1n) is 6.27. The summed E-state index contributed by atoms with van der Waals surface area (Å²) in [4.78, 5) is 14.2. The summed E-state index contributed by atoms with van der Waals surface area (Å²) >= 11 is 0. The Morgan fingerprint density at radius 1 is 1.65 bits per heavy atom. The predicted octanol–water partition coefficient (Wildman–Crippen LogP) is 1.63. The van der Waals surface area contributed by atoms with E-state index in [1.165, 1.54) is 0 Å². The van der Waals surface area contributed by atoms with E-state index in [0.29, 0.717) is 6.54 Å². The van der Waals surface area contributed by atoms with E-state index in [2.05, 4.69) is 12.2 Å². The van der Waals surface area contributed by atoms with E-state index >= 15 is 0 Å². The summed E-state index contributed by atoms with van der Waals surface area (Å²) < 4.78 is 5.30. The van der Waals surface area contributed by atoms with Crippen LogP contribution in [0.15, 0.2) is 22.8 Å². The van der Waals surface area contributed by atoms with Gasteiger partial charge in [-0.05, 0) is 38.9 Å². The molecule has 1 aromatic rings. The van der Waals surface area contributed by atoms with Gasteiger partial charge in [0.1, 0.15) is 5.76 Å². The number of carbonyl (C=O) groups is 1. The van der Waals surface area contributed by atoms with Crippen LogP contribution >= 0.6 is 0 Å². The molecule has 94 valence electrons. The van der Waals surface area contributed by atoms with Crippen LogP contribution in [0.1, 0.15) is 26.0 Å². The molecule has 0 aliphatic carbocycles. The molecule has 0 spiro atoms. The van der Waals surface area contributed by atoms with Gasteiger partial charge < -0.3 is 14.6 Å². The first-order valence-corrected chi connectivity index (χ1v) is 6.27. The van der Waals surface area contributed by atoms with Gasteiger partial charge in [-0.25, -0.2) is 0 Å². The summed E-state index contributed by atoms with van der Waals surface area (Å²) in [6.07, 6.45) is 2.59. The Labute approximate surface area is 102 Å². The van der Waals surface area contributed by atoms with Gasteiger partial charge in [0.2, 0.25) is 5.91 Å². The second-order valence-electron chi connectivity index (χ2n) is 4.57. The van der Waals surface area contributed by atoms with Crippen LogP contribution in [0.4, 0.5) is 0 Å². The molecule has 1 aliphatic heterocycles. The maximum atomic E-state index is 12.4. The van der Waals surface area contributed by atoms with Crippen molar-refractivity contribution in [2.45, 2.75) is 32.9 Å². The fourth-order valence-corrected chi connectivity index (χ4v) is 2.37. The second kappa shape index (κ2) is 5.36. The van der Waals surface area contributed by atoms with Gasteiger partial charge in [-0.15, -0.1) is 0 Å². The Hall–Kier alpha value is -1.29. The standard InChI is InChI=1S/C13H20N2O2/c1-3-15(9-11-5-4-8-17-11)13(16)12-6-7-14-10(12)2/h4-5,8,10,12,14H,3,6-7,9H2,1-2H3. The number of nitrogens with zero attached hydrogens (tertiary/aromatic N) is 1. The molecule has 0 radical (unpaired) electrons. The van der Waals surface area contributed by atoms with Crippen molar-refractivity contribution in [2.24, 2.45) is 5.92 Å². The van der Waals surface area contributed by atoms with E-state index in [1.54, 1.807) is 6.26 Å². The number of furan rings is 1. The molecule has 2 unspecified atom stereocenters. The lowest BCUT2D eigenvalue weighted by atomic mass is 10.0. The minimum atomic E-state index is 0.116. The van der Waals surface area contributed by atoms with Gasteiger partial charge in [-0.1, -0.05) is 0 Å². The lowest BCUT2D eigenvalue weighted by Gasteiger charge is -2.25. The Balaban J connectivity index is 2.00. The molecule has 17 heavy (non-hydrogen) atoms. The molecule has 1 fully saturated rings. The minimum absolute atomic E-state index is 0.116. The fraction of sp³-hybridized carbons (Fsp3) is 0.615. The summed E-state index contributed by atoms with van der Waals surface area (Å²) in [5.74, 6) is 1.20. The normalized spacial score (nSPS) is 23.9. The summed E-state index contributed by atoms with van der Waals surface area (Å²) in [5, 5.41) is 3.32. The Morgan fingerprint density at radius 3 is 3.00 bits per heavy atom. The van der Waals surface area contributed by atoms with Gasteiger partial charge in [0.15, 0.2) is 0 Å². The quantitative estimate of drug-likeness (QED) is 0.864. The number of amides is 1. The van der Waals surface area contributed by atoms with Crippen molar-refractivity contribution in [3.05, 3.63) is 24.2 Å². The average Bonchev–Trinajstić information content (AvgIpc) is 2.96. The van der Waals surface area contributed by atoms with Gasteiger partial charge in [0, 0.05) is 12.6 Å². The van der Waals surface area contributed by atoms with Crippen LogP contribution in [0.5, 0.6) is 0 Å². The number of hydrogen-bond acceptors (Lipinski definition) is 3. The Morgan fingerprint density at radius 2 is 2.47 bits per heavy atom. The first kappa shape index (κ1) is 12.2. The number of carbonyl (C=O) groups excluding carboxylic acids is 1. The average molecular weight is 236 g/mol. The van der Waals surface area contributed by atoms with Crippen molar-refractivity contribution >= 4 is 5.91 Å². The molecule has 1 amide bonds. The third-order valence-corrected chi connectivity index (χ3v) is 3.46. The van der Waals surface area contributed by atoms with Crippen molar-refractivity contribution in [3.8, 4) is 0 Å². The monoisotopic (exact) mass is 236 g/mol. The van der Waals surface area contributed by atoms with Crippen molar-refractivity contribution < 1.29 is 9.21 Å². The van der Waals surface area contributed by atoms with Crippen LogP contribution in [0.3, 0.4) is 0 Å². The predicted molar refractivity (Wildman–Crippen MR) is 65.4 cm³/mol. The summed E-state index contributed by atoms with van der Waals surface area (Å²) in [5.41, 5.74) is 0. The zero-order chi connectivity index (χ0) is 12.3. The number of hydrogen-bond donors (Lipinski definition) is 1. The van der Waals surface area contributed by atoms with Crippen LogP contribution in [0, 0.1) is 5.92 Å². The van der Waals surface area contributed by atoms with Gasteiger partial charge in [0.05, 0.1) is 18.7 Å². The minimum Gasteiger partial charge on any atom is -0.467 e. The maximum absolute atomic E-state index is 12.4. The Bertz CT molecular complexity index is 362. The smallest absolute Gasteiger partial charge is 0.227 e. The summed E-state index contributed by atoms with van der Waals surface area (Å²) in [7, 11) is 0. The number of nitrogens with one attached hydrogen (secondary N) is 1. The van der Waals surface area contributed by atoms with E-state index in [0.717, 1.165) is 25.3 Å². The molecule has 0 saturated carbocycles. The molecule has 1 saturated heterocycles. The highest BCUT2D eigenvalue weighted by atomic mass is 16.3. The van der Waals surface area contributed by atoms with E-state index in [4.69, 9.17) is 4.42 Å². The Kier molecular flexibility index (Phi) is 3.84. The van der Waals surface area contributed by atoms with E-state index in [1.807, 2.05) is 24.0 Å². The van der Waals surface area contributed by atoms with Crippen LogP contribution in [-0.4, -0.2) is 29.9 Å². The molecule has 4 nitrogen and oxygen atoms in total. The van der Waals surface area contributed by atoms with Crippen LogP contribution in [0.25, 0.3) is 0 Å². The van der Waals surface area contributed by atoms with Crippen LogP contribution in [-0.2, 0) is 11.3 Å². The molecule has 1 N–H and O–H groups in total. The van der Waals surface area contributed by atoms with E-state index in [-0.39, 0.29) is 17.9 Å². The van der Waals surface area contributed by atoms with E-state index in [9.17, 15) is 4.79 Å². The third kappa shape index (κ3) is 2.69. The lowest BCUT2D eigenvalue weighted by Crippen LogP contribution is -2.39. The fourth-order valence-electron chi connectivity index (χ4n) is 2.37. The molecule has 0 aromatic carbocycles. The summed E-state index contributed by atoms with van der Waals surface area (Å²) in [6, 6.07) is 4.05. The molecule has 2 rings (SSSR count). The largest absolute Gasteiger partial charge is 0.467 e. The highest BCUT2D eigenvalue weighted by molar-refractivity contribution is 5.79. The van der Waals surface area contributed by atoms with Crippen LogP contribution < -0.4 is 5.32 Å². The van der Waals surface area contributed by atoms with Gasteiger partial charge in [-0.3, -0.25) is 4.79 Å². The summed E-state index contributed by atoms with van der Waals surface area (Å²) in [6.45, 7) is 6.33. The second-order valence-corrected chi connectivity index (χ2v) is 4.57. The molecule has 4 heteroatoms. The zero-order valence-electron chi connectivity index (χ0n) is 10.5. The molecule has 0 bridgehead atoms. The van der Waals surface area contributed by atoms with Crippen LogP contribution in [0.2, 0.25) is 0 Å².